The molecule has 0 amide bonds. The van der Waals surface area contributed by atoms with Crippen molar-refractivity contribution in [1.82, 2.24) is 4.98 Å². The Morgan fingerprint density at radius 3 is 2.42 bits per heavy atom. The molecule has 0 spiro atoms. The molecule has 6 rings (SSSR count). The molecule has 1 aromatic heterocycles. The van der Waals surface area contributed by atoms with Crippen molar-refractivity contribution in [2.24, 2.45) is 50.2 Å². The summed E-state index contributed by atoms with van der Waals surface area (Å²) >= 11 is 0. The second-order valence-electron chi connectivity index (χ2n) is 17.4. The third kappa shape index (κ3) is 4.38. The summed E-state index contributed by atoms with van der Waals surface area (Å²) in [5.74, 6) is 1.60. The first-order valence-corrected chi connectivity index (χ1v) is 17.5. The van der Waals surface area contributed by atoms with Gasteiger partial charge in [0, 0.05) is 24.2 Å². The molecule has 0 N–H and O–H groups in total. The topological polar surface area (TPSA) is 56.3 Å². The number of carbonyl (C=O) groups excluding carboxylic acids is 2. The zero-order valence-corrected chi connectivity index (χ0v) is 28.4. The summed E-state index contributed by atoms with van der Waals surface area (Å²) in [4.78, 5) is 32.2. The fourth-order valence-corrected chi connectivity index (χ4v) is 11.8. The smallest absolute Gasteiger partial charge is 0.312 e. The first kappa shape index (κ1) is 31.0. The number of hydrogen-bond acceptors (Lipinski definition) is 4. The van der Waals surface area contributed by atoms with Crippen LogP contribution in [0.5, 0.6) is 0 Å². The van der Waals surface area contributed by atoms with Gasteiger partial charge in [-0.1, -0.05) is 73.5 Å². The lowest BCUT2D eigenvalue weighted by Gasteiger charge is -2.71. The Labute approximate surface area is 261 Å². The predicted octanol–water partition coefficient (Wildman–Crippen LogP) is 9.62. The molecule has 1 aromatic rings. The highest BCUT2D eigenvalue weighted by molar-refractivity contribution is 5.86. The van der Waals surface area contributed by atoms with Crippen molar-refractivity contribution in [3.8, 4) is 0 Å². The van der Waals surface area contributed by atoms with Crippen LogP contribution in [0.4, 0.5) is 0 Å². The van der Waals surface area contributed by atoms with E-state index in [1.54, 1.807) is 5.57 Å². The minimum absolute atomic E-state index is 0.0219. The van der Waals surface area contributed by atoms with Gasteiger partial charge in [0.05, 0.1) is 12.0 Å². The highest BCUT2D eigenvalue weighted by atomic mass is 16.5. The summed E-state index contributed by atoms with van der Waals surface area (Å²) in [6.45, 7) is 19.7. The molecule has 43 heavy (non-hydrogen) atoms. The Morgan fingerprint density at radius 1 is 0.977 bits per heavy atom. The molecule has 0 aromatic carbocycles. The molecule has 0 aliphatic heterocycles. The lowest BCUT2D eigenvalue weighted by Crippen LogP contribution is -2.65. The van der Waals surface area contributed by atoms with Gasteiger partial charge in [0.15, 0.2) is 0 Å². The standard InChI is InChI=1S/C39H57NO3/c1-9-10-22-43-33(42)39-19-17-34(2,3)24-28(39)32-27(26-12-11-21-40-25-26)23-30-36(6)15-14-31(41)35(4,5)29(36)13-16-37(30,7)38(32,8)18-20-39/h11-12,21,25,28-30H,9-10,13-20,22-24H2,1-8H3/t28-,29-,30?,36-,37+,38+,39-/m0/s1. The molecule has 1 unspecified atom stereocenters. The Balaban J connectivity index is 1.55. The molecule has 5 aliphatic carbocycles. The Bertz CT molecular complexity index is 1310. The zero-order chi connectivity index (χ0) is 31.1. The highest BCUT2D eigenvalue weighted by Crippen LogP contribution is 2.77. The average Bonchev–Trinajstić information content (AvgIpc) is 2.96. The van der Waals surface area contributed by atoms with E-state index in [-0.39, 0.29) is 39.0 Å². The van der Waals surface area contributed by atoms with E-state index >= 15 is 0 Å². The molecule has 4 fully saturated rings. The second-order valence-corrected chi connectivity index (χ2v) is 17.4. The van der Waals surface area contributed by atoms with E-state index in [2.05, 4.69) is 78.7 Å². The van der Waals surface area contributed by atoms with Crippen molar-refractivity contribution in [2.75, 3.05) is 6.61 Å². The maximum absolute atomic E-state index is 14.3. The van der Waals surface area contributed by atoms with Crippen LogP contribution in [0.15, 0.2) is 30.1 Å². The van der Waals surface area contributed by atoms with Crippen LogP contribution in [0.2, 0.25) is 0 Å². The number of hydrogen-bond donors (Lipinski definition) is 0. The molecular weight excluding hydrogens is 530 g/mol. The first-order chi connectivity index (χ1) is 20.2. The van der Waals surface area contributed by atoms with Gasteiger partial charge >= 0.3 is 5.97 Å². The third-order valence-electron chi connectivity index (χ3n) is 14.6. The number of pyridine rings is 1. The van der Waals surface area contributed by atoms with Gasteiger partial charge in [-0.15, -0.1) is 0 Å². The van der Waals surface area contributed by atoms with Gasteiger partial charge in [0.1, 0.15) is 5.78 Å². The van der Waals surface area contributed by atoms with E-state index in [0.29, 0.717) is 30.6 Å². The quantitative estimate of drug-likeness (QED) is 0.254. The van der Waals surface area contributed by atoms with Crippen LogP contribution in [-0.2, 0) is 14.3 Å². The van der Waals surface area contributed by atoms with E-state index in [4.69, 9.17) is 4.74 Å². The van der Waals surface area contributed by atoms with Gasteiger partial charge in [0.25, 0.3) is 0 Å². The monoisotopic (exact) mass is 587 g/mol. The number of fused-ring (bicyclic) bond motifs is 7. The van der Waals surface area contributed by atoms with Crippen molar-refractivity contribution in [1.29, 1.82) is 0 Å². The Hall–Kier alpha value is -1.97. The summed E-state index contributed by atoms with van der Waals surface area (Å²) in [7, 11) is 0. The number of allylic oxidation sites excluding steroid dienone is 2. The van der Waals surface area contributed by atoms with Crippen molar-refractivity contribution < 1.29 is 14.3 Å². The van der Waals surface area contributed by atoms with Crippen LogP contribution < -0.4 is 0 Å². The number of Topliss-reactive ketones (excluding diaryl/α,β-unsaturated/α-hetero) is 1. The number of esters is 1. The Kier molecular flexibility index (Phi) is 7.42. The van der Waals surface area contributed by atoms with Crippen LogP contribution in [-0.4, -0.2) is 23.3 Å². The molecule has 1 heterocycles. The number of ether oxygens (including phenoxy) is 1. The molecule has 4 heteroatoms. The molecule has 0 bridgehead atoms. The largest absolute Gasteiger partial charge is 0.465 e. The maximum atomic E-state index is 14.3. The molecule has 4 saturated carbocycles. The van der Waals surface area contributed by atoms with Crippen LogP contribution in [0, 0.1) is 50.2 Å². The molecule has 7 atom stereocenters. The average molecular weight is 588 g/mol. The molecule has 5 aliphatic rings. The molecular formula is C39H57NO3. The van der Waals surface area contributed by atoms with E-state index < -0.39 is 5.41 Å². The summed E-state index contributed by atoms with van der Waals surface area (Å²) in [6, 6.07) is 4.35. The number of nitrogens with zero attached hydrogens (tertiary/aromatic N) is 1. The number of rotatable bonds is 5. The zero-order valence-electron chi connectivity index (χ0n) is 28.4. The number of ketones is 1. The van der Waals surface area contributed by atoms with Crippen LogP contribution >= 0.6 is 0 Å². The summed E-state index contributed by atoms with van der Waals surface area (Å²) in [6.07, 6.45) is 15.9. The molecule has 236 valence electrons. The van der Waals surface area contributed by atoms with Crippen LogP contribution in [0.25, 0.3) is 5.57 Å². The summed E-state index contributed by atoms with van der Waals surface area (Å²) in [5.41, 5.74) is 3.93. The lowest BCUT2D eigenvalue weighted by molar-refractivity contribution is -0.190. The predicted molar refractivity (Wildman–Crippen MR) is 173 cm³/mol. The van der Waals surface area contributed by atoms with Crippen molar-refractivity contribution in [2.45, 2.75) is 132 Å². The van der Waals surface area contributed by atoms with Gasteiger partial charge < -0.3 is 4.74 Å². The summed E-state index contributed by atoms with van der Waals surface area (Å²) < 4.78 is 6.15. The minimum Gasteiger partial charge on any atom is -0.465 e. The molecule has 0 radical (unpaired) electrons. The van der Waals surface area contributed by atoms with Crippen molar-refractivity contribution in [3.05, 3.63) is 35.7 Å². The van der Waals surface area contributed by atoms with Gasteiger partial charge in [-0.05, 0) is 121 Å². The maximum Gasteiger partial charge on any atom is 0.312 e. The van der Waals surface area contributed by atoms with Gasteiger partial charge in [0.2, 0.25) is 0 Å². The highest BCUT2D eigenvalue weighted by Gasteiger charge is 2.70. The molecule has 4 nitrogen and oxygen atoms in total. The number of carbonyl (C=O) groups is 2. The van der Waals surface area contributed by atoms with Crippen LogP contribution in [0.1, 0.15) is 138 Å². The van der Waals surface area contributed by atoms with E-state index in [9.17, 15) is 9.59 Å². The summed E-state index contributed by atoms with van der Waals surface area (Å²) in [5, 5.41) is 0. The number of aromatic nitrogens is 1. The molecule has 0 saturated heterocycles. The minimum atomic E-state index is -0.435. The lowest BCUT2D eigenvalue weighted by atomic mass is 9.32. The van der Waals surface area contributed by atoms with E-state index in [0.717, 1.165) is 70.6 Å². The van der Waals surface area contributed by atoms with Gasteiger partial charge in [-0.3, -0.25) is 14.6 Å². The van der Waals surface area contributed by atoms with Gasteiger partial charge in [-0.2, -0.15) is 0 Å². The van der Waals surface area contributed by atoms with Crippen molar-refractivity contribution >= 4 is 17.3 Å². The number of unbranched alkanes of at least 4 members (excludes halogenated alkanes) is 1. The van der Waals surface area contributed by atoms with Crippen molar-refractivity contribution in [3.63, 3.8) is 0 Å². The SMILES string of the molecule is CCCCOC(=O)[C@]12CCC(C)(C)C[C@H]1C1=C(c3cccnc3)CC3[C@@]4(C)CCC(=O)C(C)(C)[C@@H]4CC[C@@]3(C)[C@]1(C)CC2. The fraction of sp³-hybridized carbons (Fsp3) is 0.769. The third-order valence-corrected chi connectivity index (χ3v) is 14.6. The fourth-order valence-electron chi connectivity index (χ4n) is 11.8. The van der Waals surface area contributed by atoms with E-state index in [1.807, 2.05) is 6.20 Å². The van der Waals surface area contributed by atoms with E-state index in [1.165, 1.54) is 11.1 Å². The Morgan fingerprint density at radius 2 is 1.72 bits per heavy atom. The normalized spacial score (nSPS) is 41.4. The van der Waals surface area contributed by atoms with Gasteiger partial charge in [-0.25, -0.2) is 0 Å². The van der Waals surface area contributed by atoms with Crippen LogP contribution in [0.3, 0.4) is 0 Å². The second kappa shape index (κ2) is 10.3. The first-order valence-electron chi connectivity index (χ1n) is 17.5.